The third-order valence-electron chi connectivity index (χ3n) is 3.11. The molecule has 1 aliphatic rings. The van der Waals surface area contributed by atoms with Crippen LogP contribution in [0.4, 0.5) is 13.2 Å². The zero-order valence-corrected chi connectivity index (χ0v) is 10.9. The molecule has 0 spiro atoms. The quantitative estimate of drug-likeness (QED) is 0.845. The van der Waals surface area contributed by atoms with Crippen molar-refractivity contribution in [2.75, 3.05) is 13.1 Å². The summed E-state index contributed by atoms with van der Waals surface area (Å²) in [5.74, 6) is -1.06. The molecule has 1 N–H and O–H groups in total. The van der Waals surface area contributed by atoms with Gasteiger partial charge in [-0.1, -0.05) is 19.3 Å². The van der Waals surface area contributed by atoms with E-state index in [0.717, 1.165) is 32.1 Å². The molecule has 0 aromatic carbocycles. The zero-order valence-electron chi connectivity index (χ0n) is 10.1. The van der Waals surface area contributed by atoms with Crippen molar-refractivity contribution >= 4 is 18.4 Å². The summed E-state index contributed by atoms with van der Waals surface area (Å²) in [7, 11) is 0. The highest BCUT2D eigenvalue weighted by Crippen LogP contribution is 2.25. The van der Waals surface area contributed by atoms with Gasteiger partial charge in [0.2, 0.25) is 0 Å². The molecule has 0 aliphatic heterocycles. The van der Waals surface area contributed by atoms with E-state index in [9.17, 15) is 18.0 Å². The summed E-state index contributed by atoms with van der Waals surface area (Å²) in [5.41, 5.74) is 0. The van der Waals surface area contributed by atoms with Gasteiger partial charge in [0, 0.05) is 12.6 Å². The van der Waals surface area contributed by atoms with Crippen molar-refractivity contribution in [1.29, 1.82) is 0 Å². The molecule has 1 rings (SSSR count). The number of nitrogens with zero attached hydrogens (tertiary/aromatic N) is 1. The molecule has 108 valence electrons. The van der Waals surface area contributed by atoms with Crippen LogP contribution in [0, 0.1) is 0 Å². The molecular weight excluding hydrogens is 271 g/mol. The first-order valence-electron chi connectivity index (χ1n) is 5.91. The Kier molecular flexibility index (Phi) is 7.62. The lowest BCUT2D eigenvalue weighted by atomic mass is 9.94. The van der Waals surface area contributed by atoms with Crippen LogP contribution in [-0.4, -0.2) is 41.3 Å². The first-order valence-corrected chi connectivity index (χ1v) is 5.91. The first-order chi connectivity index (χ1) is 7.88. The minimum atomic E-state index is -4.22. The van der Waals surface area contributed by atoms with E-state index in [2.05, 4.69) is 0 Å². The summed E-state index contributed by atoms with van der Waals surface area (Å²) >= 11 is 0. The maximum Gasteiger partial charge on any atom is 0.390 e. The van der Waals surface area contributed by atoms with E-state index >= 15 is 0 Å². The van der Waals surface area contributed by atoms with E-state index in [4.69, 9.17) is 5.11 Å². The lowest BCUT2D eigenvalue weighted by Gasteiger charge is -2.33. The lowest BCUT2D eigenvalue weighted by Crippen LogP contribution is -2.42. The molecule has 0 heterocycles. The van der Waals surface area contributed by atoms with Crippen molar-refractivity contribution in [3.8, 4) is 0 Å². The van der Waals surface area contributed by atoms with E-state index < -0.39 is 18.6 Å². The summed E-state index contributed by atoms with van der Waals surface area (Å²) in [6.07, 6.45) is -0.477. The maximum absolute atomic E-state index is 12.1. The van der Waals surface area contributed by atoms with Gasteiger partial charge >= 0.3 is 12.1 Å². The number of carboxylic acids is 1. The van der Waals surface area contributed by atoms with Crippen LogP contribution in [0.2, 0.25) is 0 Å². The smallest absolute Gasteiger partial charge is 0.390 e. The summed E-state index contributed by atoms with van der Waals surface area (Å²) in [5, 5.41) is 8.72. The highest BCUT2D eigenvalue weighted by molar-refractivity contribution is 5.85. The van der Waals surface area contributed by atoms with Gasteiger partial charge in [0.1, 0.15) is 0 Å². The van der Waals surface area contributed by atoms with E-state index in [1.165, 1.54) is 4.90 Å². The fourth-order valence-corrected chi connectivity index (χ4v) is 2.28. The van der Waals surface area contributed by atoms with Crippen molar-refractivity contribution in [3.63, 3.8) is 0 Å². The molecule has 7 heteroatoms. The molecule has 0 atom stereocenters. The maximum atomic E-state index is 12.1. The predicted molar refractivity (Wildman–Crippen MR) is 64.0 cm³/mol. The molecular formula is C11H19ClF3NO2. The highest BCUT2D eigenvalue weighted by Gasteiger charge is 2.30. The number of alkyl halides is 3. The van der Waals surface area contributed by atoms with Gasteiger partial charge in [-0.2, -0.15) is 13.2 Å². The Bertz CT molecular complexity index is 255. The van der Waals surface area contributed by atoms with Crippen molar-refractivity contribution in [2.24, 2.45) is 0 Å². The van der Waals surface area contributed by atoms with Crippen molar-refractivity contribution in [3.05, 3.63) is 0 Å². The van der Waals surface area contributed by atoms with Crippen molar-refractivity contribution in [1.82, 2.24) is 4.90 Å². The van der Waals surface area contributed by atoms with Crippen LogP contribution in [0.5, 0.6) is 0 Å². The minimum absolute atomic E-state index is 0. The monoisotopic (exact) mass is 289 g/mol. The average molecular weight is 290 g/mol. The van der Waals surface area contributed by atoms with Gasteiger partial charge in [0.05, 0.1) is 13.0 Å². The molecule has 1 fully saturated rings. The number of rotatable bonds is 5. The Hall–Kier alpha value is -0.490. The molecule has 0 amide bonds. The Morgan fingerprint density at radius 3 is 2.22 bits per heavy atom. The van der Waals surface area contributed by atoms with Gasteiger partial charge in [0.15, 0.2) is 0 Å². The third kappa shape index (κ3) is 7.06. The van der Waals surface area contributed by atoms with Gasteiger partial charge in [-0.05, 0) is 12.8 Å². The summed E-state index contributed by atoms with van der Waals surface area (Å²) in [4.78, 5) is 12.1. The molecule has 1 aliphatic carbocycles. The van der Waals surface area contributed by atoms with Crippen LogP contribution in [0.25, 0.3) is 0 Å². The summed E-state index contributed by atoms with van der Waals surface area (Å²) < 4.78 is 36.4. The minimum Gasteiger partial charge on any atom is -0.480 e. The Labute approximate surface area is 111 Å². The molecule has 18 heavy (non-hydrogen) atoms. The second-order valence-electron chi connectivity index (χ2n) is 4.52. The Morgan fingerprint density at radius 2 is 1.78 bits per heavy atom. The molecule has 0 aromatic heterocycles. The SMILES string of the molecule is Cl.O=C(O)CN(CCC(F)(F)F)C1CCCCC1. The van der Waals surface area contributed by atoms with Crippen LogP contribution >= 0.6 is 12.4 Å². The second kappa shape index (κ2) is 7.84. The van der Waals surface area contributed by atoms with Gasteiger partial charge < -0.3 is 5.11 Å². The second-order valence-corrected chi connectivity index (χ2v) is 4.52. The Morgan fingerprint density at radius 1 is 1.22 bits per heavy atom. The Balaban J connectivity index is 0.00000289. The molecule has 3 nitrogen and oxygen atoms in total. The van der Waals surface area contributed by atoms with Crippen LogP contribution in [-0.2, 0) is 4.79 Å². The van der Waals surface area contributed by atoms with Crippen LogP contribution < -0.4 is 0 Å². The number of hydrogen-bond donors (Lipinski definition) is 1. The van der Waals surface area contributed by atoms with Crippen LogP contribution in [0.15, 0.2) is 0 Å². The van der Waals surface area contributed by atoms with Gasteiger partial charge in [-0.15, -0.1) is 12.4 Å². The largest absolute Gasteiger partial charge is 0.480 e. The topological polar surface area (TPSA) is 40.5 Å². The van der Waals surface area contributed by atoms with Crippen LogP contribution in [0.1, 0.15) is 38.5 Å². The fourth-order valence-electron chi connectivity index (χ4n) is 2.28. The third-order valence-corrected chi connectivity index (χ3v) is 3.11. The van der Waals surface area contributed by atoms with Crippen molar-refractivity contribution < 1.29 is 23.1 Å². The normalized spacial score (nSPS) is 17.6. The van der Waals surface area contributed by atoms with Gasteiger partial charge in [-0.25, -0.2) is 0 Å². The molecule has 1 saturated carbocycles. The number of carboxylic acid groups (broad SMARTS) is 1. The molecule has 0 unspecified atom stereocenters. The number of aliphatic carboxylic acids is 1. The highest BCUT2D eigenvalue weighted by atomic mass is 35.5. The molecule has 0 radical (unpaired) electrons. The standard InChI is InChI=1S/C11H18F3NO2.ClH/c12-11(13,14)6-7-15(8-10(16)17)9-4-2-1-3-5-9;/h9H,1-8H2,(H,16,17);1H. The number of hydrogen-bond acceptors (Lipinski definition) is 2. The summed E-state index contributed by atoms with van der Waals surface area (Å²) in [6, 6.07) is 0.00204. The summed E-state index contributed by atoms with van der Waals surface area (Å²) in [6.45, 7) is -0.499. The van der Waals surface area contributed by atoms with Gasteiger partial charge in [0.25, 0.3) is 0 Å². The number of carbonyl (C=O) groups is 1. The van der Waals surface area contributed by atoms with E-state index in [1.54, 1.807) is 0 Å². The zero-order chi connectivity index (χ0) is 12.9. The van der Waals surface area contributed by atoms with E-state index in [0.29, 0.717) is 0 Å². The predicted octanol–water partition coefficient (Wildman–Crippen LogP) is 3.08. The van der Waals surface area contributed by atoms with Gasteiger partial charge in [-0.3, -0.25) is 9.69 Å². The van der Waals surface area contributed by atoms with Crippen molar-refractivity contribution in [2.45, 2.75) is 50.7 Å². The molecule has 0 aromatic rings. The molecule has 0 bridgehead atoms. The first kappa shape index (κ1) is 17.5. The van der Waals surface area contributed by atoms with E-state index in [-0.39, 0.29) is 31.5 Å². The number of halogens is 4. The average Bonchev–Trinajstić information content (AvgIpc) is 2.24. The lowest BCUT2D eigenvalue weighted by molar-refractivity contribution is -0.147. The van der Waals surface area contributed by atoms with E-state index in [1.807, 2.05) is 0 Å². The fraction of sp³-hybridized carbons (Fsp3) is 0.909. The molecule has 0 saturated heterocycles. The van der Waals surface area contributed by atoms with Crippen LogP contribution in [0.3, 0.4) is 0 Å².